The highest BCUT2D eigenvalue weighted by Gasteiger charge is 2.32. The van der Waals surface area contributed by atoms with Crippen LogP contribution in [0.1, 0.15) is 12.0 Å². The van der Waals surface area contributed by atoms with Crippen molar-refractivity contribution in [2.24, 2.45) is 11.5 Å². The summed E-state index contributed by atoms with van der Waals surface area (Å²) < 4.78 is 18.5. The first-order chi connectivity index (χ1) is 9.82. The molecule has 7 nitrogen and oxygen atoms in total. The third-order valence-corrected chi connectivity index (χ3v) is 2.77. The van der Waals surface area contributed by atoms with Gasteiger partial charge in [-0.2, -0.15) is 0 Å². The standard InChI is InChI=1S/C13H17FN2O5/c14-8-4-2-1-3-7(8)6-21-12(13(16)20)11(19)9(17)5-10(15)18/h1-4,9,11-12,17,19H,5-6H2,(H2,15,18)(H2,16,20). The normalized spacial score (nSPS) is 15.2. The van der Waals surface area contributed by atoms with Gasteiger partial charge in [0.05, 0.1) is 19.1 Å². The molecule has 0 heterocycles. The summed E-state index contributed by atoms with van der Waals surface area (Å²) in [5, 5.41) is 19.3. The second-order valence-electron chi connectivity index (χ2n) is 4.45. The summed E-state index contributed by atoms with van der Waals surface area (Å²) >= 11 is 0. The lowest BCUT2D eigenvalue weighted by Gasteiger charge is -2.24. The van der Waals surface area contributed by atoms with Gasteiger partial charge in [-0.05, 0) is 6.07 Å². The summed E-state index contributed by atoms with van der Waals surface area (Å²) in [6.45, 7) is -0.333. The number of carbonyl (C=O) groups excluding carboxylic acids is 2. The van der Waals surface area contributed by atoms with Crippen LogP contribution >= 0.6 is 0 Å². The second-order valence-corrected chi connectivity index (χ2v) is 4.45. The highest BCUT2D eigenvalue weighted by molar-refractivity contribution is 5.80. The van der Waals surface area contributed by atoms with E-state index in [2.05, 4.69) is 0 Å². The molecule has 0 fully saturated rings. The molecule has 0 saturated heterocycles. The molecule has 3 atom stereocenters. The molecule has 0 aliphatic carbocycles. The Morgan fingerprint density at radius 2 is 1.86 bits per heavy atom. The van der Waals surface area contributed by atoms with E-state index in [1.165, 1.54) is 18.2 Å². The maximum absolute atomic E-state index is 13.4. The molecule has 116 valence electrons. The summed E-state index contributed by atoms with van der Waals surface area (Å²) in [4.78, 5) is 21.9. The van der Waals surface area contributed by atoms with Crippen LogP contribution in [-0.2, 0) is 20.9 Å². The highest BCUT2D eigenvalue weighted by atomic mass is 19.1. The van der Waals surface area contributed by atoms with Crippen LogP contribution in [0.3, 0.4) is 0 Å². The predicted molar refractivity (Wildman–Crippen MR) is 70.0 cm³/mol. The van der Waals surface area contributed by atoms with Gasteiger partial charge in [-0.15, -0.1) is 0 Å². The molecular formula is C13H17FN2O5. The Kier molecular flexibility index (Phi) is 6.22. The molecule has 0 aromatic heterocycles. The van der Waals surface area contributed by atoms with Gasteiger partial charge in [-0.3, -0.25) is 9.59 Å². The number of ether oxygens (including phenoxy) is 1. The van der Waals surface area contributed by atoms with Crippen molar-refractivity contribution in [3.8, 4) is 0 Å². The molecule has 1 rings (SSSR count). The Morgan fingerprint density at radius 1 is 1.24 bits per heavy atom. The van der Waals surface area contributed by atoms with Crippen LogP contribution in [0.25, 0.3) is 0 Å². The van der Waals surface area contributed by atoms with Gasteiger partial charge in [-0.1, -0.05) is 18.2 Å². The lowest BCUT2D eigenvalue weighted by molar-refractivity contribution is -0.149. The van der Waals surface area contributed by atoms with E-state index in [9.17, 15) is 24.2 Å². The van der Waals surface area contributed by atoms with Crippen molar-refractivity contribution in [3.05, 3.63) is 35.6 Å². The molecule has 0 spiro atoms. The molecule has 0 radical (unpaired) electrons. The van der Waals surface area contributed by atoms with Crippen molar-refractivity contribution >= 4 is 11.8 Å². The van der Waals surface area contributed by atoms with E-state index in [1.54, 1.807) is 6.07 Å². The first-order valence-electron chi connectivity index (χ1n) is 6.11. The smallest absolute Gasteiger partial charge is 0.249 e. The van der Waals surface area contributed by atoms with Gasteiger partial charge in [0, 0.05) is 5.56 Å². The minimum absolute atomic E-state index is 0.153. The van der Waals surface area contributed by atoms with Gasteiger partial charge in [0.25, 0.3) is 0 Å². The summed E-state index contributed by atoms with van der Waals surface area (Å²) in [5.74, 6) is -2.46. The number of hydrogen-bond acceptors (Lipinski definition) is 5. The molecule has 1 aromatic rings. The van der Waals surface area contributed by atoms with Gasteiger partial charge in [0.2, 0.25) is 11.8 Å². The topological polar surface area (TPSA) is 136 Å². The number of primary amides is 2. The van der Waals surface area contributed by atoms with Crippen LogP contribution in [0.4, 0.5) is 4.39 Å². The van der Waals surface area contributed by atoms with Crippen molar-refractivity contribution in [3.63, 3.8) is 0 Å². The zero-order valence-corrected chi connectivity index (χ0v) is 11.1. The van der Waals surface area contributed by atoms with E-state index >= 15 is 0 Å². The third kappa shape index (κ3) is 5.10. The van der Waals surface area contributed by atoms with Crippen molar-refractivity contribution in [1.29, 1.82) is 0 Å². The Labute approximate surface area is 120 Å². The monoisotopic (exact) mass is 300 g/mol. The number of benzene rings is 1. The quantitative estimate of drug-likeness (QED) is 0.478. The molecule has 0 saturated carbocycles. The number of halogens is 1. The molecule has 0 bridgehead atoms. The fourth-order valence-electron chi connectivity index (χ4n) is 1.67. The van der Waals surface area contributed by atoms with Crippen LogP contribution in [0.5, 0.6) is 0 Å². The SMILES string of the molecule is NC(=O)CC(O)C(O)C(OCc1ccccc1F)C(N)=O. The molecule has 1 aromatic carbocycles. The highest BCUT2D eigenvalue weighted by Crippen LogP contribution is 2.13. The van der Waals surface area contributed by atoms with Gasteiger partial charge < -0.3 is 26.4 Å². The Bertz CT molecular complexity index is 511. The molecule has 21 heavy (non-hydrogen) atoms. The summed E-state index contributed by atoms with van der Waals surface area (Å²) in [6, 6.07) is 5.69. The molecule has 8 heteroatoms. The van der Waals surface area contributed by atoms with Gasteiger partial charge in [0.1, 0.15) is 11.9 Å². The lowest BCUT2D eigenvalue weighted by atomic mass is 10.0. The van der Waals surface area contributed by atoms with Crippen LogP contribution in [-0.4, -0.2) is 40.3 Å². The molecule has 0 aliphatic heterocycles. The zero-order valence-electron chi connectivity index (χ0n) is 11.1. The summed E-state index contributed by atoms with van der Waals surface area (Å²) in [5.41, 5.74) is 10.1. The average Bonchev–Trinajstić information content (AvgIpc) is 2.39. The lowest BCUT2D eigenvalue weighted by Crippen LogP contribution is -2.48. The maximum Gasteiger partial charge on any atom is 0.249 e. The van der Waals surface area contributed by atoms with Crippen LogP contribution in [0.15, 0.2) is 24.3 Å². The first-order valence-corrected chi connectivity index (χ1v) is 6.11. The van der Waals surface area contributed by atoms with E-state index < -0.39 is 42.4 Å². The van der Waals surface area contributed by atoms with Crippen LogP contribution in [0, 0.1) is 5.82 Å². The number of carbonyl (C=O) groups is 2. The fourth-order valence-corrected chi connectivity index (χ4v) is 1.67. The average molecular weight is 300 g/mol. The zero-order chi connectivity index (χ0) is 16.0. The number of hydrogen-bond donors (Lipinski definition) is 4. The van der Waals surface area contributed by atoms with Crippen LogP contribution in [0.2, 0.25) is 0 Å². The minimum atomic E-state index is -1.75. The van der Waals surface area contributed by atoms with Gasteiger partial charge >= 0.3 is 0 Å². The molecular weight excluding hydrogens is 283 g/mol. The minimum Gasteiger partial charge on any atom is -0.390 e. The first kappa shape index (κ1) is 17.0. The molecule has 6 N–H and O–H groups in total. The van der Waals surface area contributed by atoms with Crippen molar-refractivity contribution in [2.45, 2.75) is 31.3 Å². The van der Waals surface area contributed by atoms with E-state index in [0.717, 1.165) is 0 Å². The Balaban J connectivity index is 2.72. The molecule has 3 unspecified atom stereocenters. The van der Waals surface area contributed by atoms with Gasteiger partial charge in [-0.25, -0.2) is 4.39 Å². The summed E-state index contributed by atoms with van der Waals surface area (Å²) in [6.07, 6.45) is -5.52. The third-order valence-electron chi connectivity index (χ3n) is 2.77. The number of amides is 2. The van der Waals surface area contributed by atoms with Crippen molar-refractivity contribution in [1.82, 2.24) is 0 Å². The van der Waals surface area contributed by atoms with E-state index in [-0.39, 0.29) is 12.2 Å². The number of aliphatic hydroxyl groups excluding tert-OH is 2. The number of aliphatic hydroxyl groups is 2. The fraction of sp³-hybridized carbons (Fsp3) is 0.385. The summed E-state index contributed by atoms with van der Waals surface area (Å²) in [7, 11) is 0. The van der Waals surface area contributed by atoms with Gasteiger partial charge in [0.15, 0.2) is 6.10 Å². The van der Waals surface area contributed by atoms with Crippen molar-refractivity contribution < 1.29 is 28.9 Å². The number of rotatable bonds is 8. The van der Waals surface area contributed by atoms with Crippen LogP contribution < -0.4 is 11.5 Å². The molecule has 0 aliphatic rings. The maximum atomic E-state index is 13.4. The number of nitrogens with two attached hydrogens (primary N) is 2. The largest absolute Gasteiger partial charge is 0.390 e. The van der Waals surface area contributed by atoms with E-state index in [4.69, 9.17) is 16.2 Å². The van der Waals surface area contributed by atoms with E-state index in [0.29, 0.717) is 0 Å². The van der Waals surface area contributed by atoms with Crippen molar-refractivity contribution in [2.75, 3.05) is 0 Å². The second kappa shape index (κ2) is 7.67. The predicted octanol–water partition coefficient (Wildman–Crippen LogP) is -1.21. The molecule has 2 amide bonds. The Morgan fingerprint density at radius 3 is 2.38 bits per heavy atom. The Hall–Kier alpha value is -2.03. The van der Waals surface area contributed by atoms with E-state index in [1.807, 2.05) is 0 Å².